The first-order chi connectivity index (χ1) is 9.70. The van der Waals surface area contributed by atoms with Crippen molar-refractivity contribution in [3.05, 3.63) is 35.6 Å². The fraction of sp³-hybridized carbons (Fsp3) is 0.471. The van der Waals surface area contributed by atoms with Gasteiger partial charge in [0.05, 0.1) is 0 Å². The van der Waals surface area contributed by atoms with Gasteiger partial charge in [-0.1, -0.05) is 31.5 Å². The van der Waals surface area contributed by atoms with Crippen molar-refractivity contribution in [3.8, 4) is 0 Å². The van der Waals surface area contributed by atoms with E-state index in [4.69, 9.17) is 4.42 Å². The number of furan rings is 1. The monoisotopic (exact) mass is 271 g/mol. The highest BCUT2D eigenvalue weighted by Gasteiger charge is 2.28. The predicted molar refractivity (Wildman–Crippen MR) is 79.4 cm³/mol. The summed E-state index contributed by atoms with van der Waals surface area (Å²) in [7, 11) is 1.90. The molecule has 1 saturated carbocycles. The van der Waals surface area contributed by atoms with Gasteiger partial charge in [-0.25, -0.2) is 0 Å². The van der Waals surface area contributed by atoms with E-state index in [1.54, 1.807) is 0 Å². The lowest BCUT2D eigenvalue weighted by Gasteiger charge is -2.29. The van der Waals surface area contributed by atoms with Gasteiger partial charge in [0.25, 0.3) is 0 Å². The molecule has 0 N–H and O–H groups in total. The predicted octanol–water partition coefficient (Wildman–Crippen LogP) is 3.75. The molecule has 0 radical (unpaired) electrons. The van der Waals surface area contributed by atoms with E-state index in [-0.39, 0.29) is 11.8 Å². The number of para-hydroxylation sites is 1. The number of hydrogen-bond acceptors (Lipinski definition) is 2. The van der Waals surface area contributed by atoms with Crippen LogP contribution in [0.25, 0.3) is 11.0 Å². The number of amides is 1. The second kappa shape index (κ2) is 5.31. The molecule has 1 amide bonds. The van der Waals surface area contributed by atoms with E-state index in [2.05, 4.69) is 13.0 Å². The van der Waals surface area contributed by atoms with Crippen molar-refractivity contribution < 1.29 is 9.21 Å². The largest absolute Gasteiger partial charge is 0.461 e. The minimum absolute atomic E-state index is 0.253. The third kappa shape index (κ3) is 2.21. The first-order valence-electron chi connectivity index (χ1n) is 7.45. The third-order valence-electron chi connectivity index (χ3n) is 4.33. The molecule has 0 unspecified atom stereocenters. The average Bonchev–Trinajstić information content (AvgIpc) is 2.75. The molecule has 20 heavy (non-hydrogen) atoms. The summed E-state index contributed by atoms with van der Waals surface area (Å²) < 4.78 is 5.89. The molecule has 3 heteroatoms. The van der Waals surface area contributed by atoms with Gasteiger partial charge >= 0.3 is 0 Å². The molecule has 1 aliphatic rings. The number of nitrogens with zero attached hydrogens (tertiary/aromatic N) is 1. The maximum atomic E-state index is 12.3. The third-order valence-corrected chi connectivity index (χ3v) is 4.33. The van der Waals surface area contributed by atoms with E-state index < -0.39 is 0 Å². The van der Waals surface area contributed by atoms with E-state index in [1.807, 2.05) is 30.1 Å². The van der Waals surface area contributed by atoms with Crippen molar-refractivity contribution in [2.45, 2.75) is 39.2 Å². The molecule has 1 aromatic carbocycles. The Kier molecular flexibility index (Phi) is 3.51. The van der Waals surface area contributed by atoms with Crippen LogP contribution in [-0.4, -0.2) is 17.9 Å². The van der Waals surface area contributed by atoms with E-state index in [9.17, 15) is 4.79 Å². The highest BCUT2D eigenvalue weighted by Crippen LogP contribution is 2.30. The van der Waals surface area contributed by atoms with Crippen molar-refractivity contribution >= 4 is 16.9 Å². The van der Waals surface area contributed by atoms with Gasteiger partial charge in [0.15, 0.2) is 0 Å². The van der Waals surface area contributed by atoms with Gasteiger partial charge < -0.3 is 9.32 Å². The van der Waals surface area contributed by atoms with E-state index in [0.29, 0.717) is 6.54 Å². The van der Waals surface area contributed by atoms with Gasteiger partial charge in [-0.15, -0.1) is 0 Å². The van der Waals surface area contributed by atoms with Gasteiger partial charge in [-0.05, 0) is 18.9 Å². The molecule has 1 aromatic heterocycles. The smallest absolute Gasteiger partial charge is 0.225 e. The summed E-state index contributed by atoms with van der Waals surface area (Å²) in [4.78, 5) is 14.1. The van der Waals surface area contributed by atoms with Gasteiger partial charge in [-0.3, -0.25) is 4.79 Å². The topological polar surface area (TPSA) is 33.5 Å². The van der Waals surface area contributed by atoms with Crippen LogP contribution in [0.3, 0.4) is 0 Å². The highest BCUT2D eigenvalue weighted by molar-refractivity contribution is 5.84. The number of fused-ring (bicyclic) bond motifs is 1. The number of carbonyl (C=O) groups is 1. The summed E-state index contributed by atoms with van der Waals surface area (Å²) in [5, 5.41) is 1.14. The molecular formula is C17H21NO2. The van der Waals surface area contributed by atoms with Crippen LogP contribution in [-0.2, 0) is 17.8 Å². The quantitative estimate of drug-likeness (QED) is 0.848. The van der Waals surface area contributed by atoms with Crippen LogP contribution in [0.1, 0.15) is 37.5 Å². The highest BCUT2D eigenvalue weighted by atomic mass is 16.3. The molecule has 1 heterocycles. The molecule has 106 valence electrons. The molecule has 0 spiro atoms. The Balaban J connectivity index is 1.87. The van der Waals surface area contributed by atoms with Crippen LogP contribution in [0.4, 0.5) is 0 Å². The van der Waals surface area contributed by atoms with Crippen molar-refractivity contribution in [2.24, 2.45) is 5.92 Å². The van der Waals surface area contributed by atoms with Crippen LogP contribution in [0, 0.1) is 5.92 Å². The van der Waals surface area contributed by atoms with Crippen LogP contribution < -0.4 is 0 Å². The normalized spacial score (nSPS) is 15.3. The molecule has 3 rings (SSSR count). The molecule has 0 aliphatic heterocycles. The Morgan fingerprint density at radius 3 is 2.75 bits per heavy atom. The fourth-order valence-corrected chi connectivity index (χ4v) is 2.89. The fourth-order valence-electron chi connectivity index (χ4n) is 2.89. The zero-order valence-corrected chi connectivity index (χ0v) is 12.2. The maximum absolute atomic E-state index is 12.3. The SMILES string of the molecule is CCc1oc2ccccc2c1CN(C)C(=O)C1CCC1. The number of benzene rings is 1. The summed E-state index contributed by atoms with van der Waals surface area (Å²) >= 11 is 0. The summed E-state index contributed by atoms with van der Waals surface area (Å²) in [5.74, 6) is 1.53. The lowest BCUT2D eigenvalue weighted by Crippen LogP contribution is -2.35. The molecule has 0 atom stereocenters. The second-order valence-corrected chi connectivity index (χ2v) is 5.68. The van der Waals surface area contributed by atoms with Gasteiger partial charge in [-0.2, -0.15) is 0 Å². The first-order valence-corrected chi connectivity index (χ1v) is 7.45. The molecule has 3 nitrogen and oxygen atoms in total. The Labute approximate surface area is 119 Å². The summed E-state index contributed by atoms with van der Waals surface area (Å²) in [5.41, 5.74) is 2.09. The van der Waals surface area contributed by atoms with Crippen LogP contribution in [0.15, 0.2) is 28.7 Å². The van der Waals surface area contributed by atoms with Crippen LogP contribution >= 0.6 is 0 Å². The van der Waals surface area contributed by atoms with Crippen LogP contribution in [0.5, 0.6) is 0 Å². The van der Waals surface area contributed by atoms with E-state index >= 15 is 0 Å². The first kappa shape index (κ1) is 13.2. The molecule has 0 saturated heterocycles. The number of carbonyl (C=O) groups excluding carboxylic acids is 1. The number of hydrogen-bond donors (Lipinski definition) is 0. The van der Waals surface area contributed by atoms with Crippen molar-refractivity contribution in [1.82, 2.24) is 4.90 Å². The van der Waals surface area contributed by atoms with E-state index in [1.165, 1.54) is 12.0 Å². The Hall–Kier alpha value is -1.77. The Bertz CT molecular complexity index is 625. The van der Waals surface area contributed by atoms with Crippen LogP contribution in [0.2, 0.25) is 0 Å². The zero-order valence-electron chi connectivity index (χ0n) is 12.2. The molecule has 2 aromatic rings. The zero-order chi connectivity index (χ0) is 14.1. The molecular weight excluding hydrogens is 250 g/mol. The Morgan fingerprint density at radius 2 is 2.10 bits per heavy atom. The maximum Gasteiger partial charge on any atom is 0.225 e. The lowest BCUT2D eigenvalue weighted by molar-refractivity contribution is -0.137. The van der Waals surface area contributed by atoms with Crippen molar-refractivity contribution in [3.63, 3.8) is 0 Å². The molecule has 1 aliphatic carbocycles. The Morgan fingerprint density at radius 1 is 1.35 bits per heavy atom. The van der Waals surface area contributed by atoms with E-state index in [0.717, 1.165) is 36.0 Å². The van der Waals surface area contributed by atoms with Crippen molar-refractivity contribution in [2.75, 3.05) is 7.05 Å². The minimum Gasteiger partial charge on any atom is -0.461 e. The van der Waals surface area contributed by atoms with Gasteiger partial charge in [0, 0.05) is 36.9 Å². The second-order valence-electron chi connectivity index (χ2n) is 5.68. The summed E-state index contributed by atoms with van der Waals surface area (Å²) in [6.07, 6.45) is 4.15. The van der Waals surface area contributed by atoms with Gasteiger partial charge in [0.2, 0.25) is 5.91 Å². The van der Waals surface area contributed by atoms with Crippen molar-refractivity contribution in [1.29, 1.82) is 0 Å². The molecule has 0 bridgehead atoms. The van der Waals surface area contributed by atoms with Gasteiger partial charge in [0.1, 0.15) is 11.3 Å². The average molecular weight is 271 g/mol. The minimum atomic E-state index is 0.253. The lowest BCUT2D eigenvalue weighted by atomic mass is 9.84. The standard InChI is InChI=1S/C17H21NO2/c1-3-15-14(13-9-4-5-10-16(13)20-15)11-18(2)17(19)12-7-6-8-12/h4-5,9-10,12H,3,6-8,11H2,1-2H3. The summed E-state index contributed by atoms with van der Waals surface area (Å²) in [6.45, 7) is 2.74. The molecule has 1 fully saturated rings. The number of aryl methyl sites for hydroxylation is 1. The summed E-state index contributed by atoms with van der Waals surface area (Å²) in [6, 6.07) is 8.08. The number of rotatable bonds is 4.